The molecule has 0 aliphatic carbocycles. The van der Waals surface area contributed by atoms with Gasteiger partial charge in [0.15, 0.2) is 0 Å². The quantitative estimate of drug-likeness (QED) is 0.544. The van der Waals surface area contributed by atoms with Crippen LogP contribution in [0.4, 0.5) is 5.95 Å². The van der Waals surface area contributed by atoms with Crippen molar-refractivity contribution < 1.29 is 4.74 Å². The van der Waals surface area contributed by atoms with E-state index in [9.17, 15) is 0 Å². The molecule has 0 radical (unpaired) electrons. The number of imidazole rings is 1. The van der Waals surface area contributed by atoms with Crippen LogP contribution in [-0.2, 0) is 6.54 Å². The van der Waals surface area contributed by atoms with E-state index in [1.165, 1.54) is 0 Å². The van der Waals surface area contributed by atoms with Crippen LogP contribution >= 0.6 is 0 Å². The number of aromatic nitrogens is 2. The summed E-state index contributed by atoms with van der Waals surface area (Å²) in [7, 11) is 0. The molecule has 5 nitrogen and oxygen atoms in total. The lowest BCUT2D eigenvalue weighted by atomic mass is 10.1. The number of hydrazone groups is 1. The van der Waals surface area contributed by atoms with Crippen molar-refractivity contribution in [1.82, 2.24) is 9.55 Å². The Hall–Kier alpha value is -2.82. The third kappa shape index (κ3) is 3.25. The molecular weight excluding hydrogens is 300 g/mol. The predicted octanol–water partition coefficient (Wildman–Crippen LogP) is 4.29. The van der Waals surface area contributed by atoms with Crippen molar-refractivity contribution in [2.45, 2.75) is 27.3 Å². The maximum atomic E-state index is 5.47. The van der Waals surface area contributed by atoms with Crippen molar-refractivity contribution in [2.75, 3.05) is 12.0 Å². The van der Waals surface area contributed by atoms with Gasteiger partial charge >= 0.3 is 0 Å². The van der Waals surface area contributed by atoms with Gasteiger partial charge in [0.2, 0.25) is 5.95 Å². The molecule has 0 bridgehead atoms. The Morgan fingerprint density at radius 1 is 1.12 bits per heavy atom. The van der Waals surface area contributed by atoms with E-state index in [0.29, 0.717) is 6.61 Å². The van der Waals surface area contributed by atoms with Gasteiger partial charge in [0.05, 0.1) is 23.4 Å². The van der Waals surface area contributed by atoms with Gasteiger partial charge in [-0.25, -0.2) is 10.4 Å². The van der Waals surface area contributed by atoms with Crippen LogP contribution in [-0.4, -0.2) is 21.9 Å². The summed E-state index contributed by atoms with van der Waals surface area (Å²) in [6, 6.07) is 16.0. The average molecular weight is 322 g/mol. The Bertz CT molecular complexity index is 849. The number of fused-ring (bicyclic) bond motifs is 1. The number of hydrogen-bond donors (Lipinski definition) is 1. The van der Waals surface area contributed by atoms with Gasteiger partial charge in [-0.1, -0.05) is 12.1 Å². The summed E-state index contributed by atoms with van der Waals surface area (Å²) in [4.78, 5) is 4.61. The van der Waals surface area contributed by atoms with Gasteiger partial charge in [0.25, 0.3) is 0 Å². The smallest absolute Gasteiger partial charge is 0.224 e. The summed E-state index contributed by atoms with van der Waals surface area (Å²) in [6.07, 6.45) is 0. The zero-order valence-corrected chi connectivity index (χ0v) is 14.3. The lowest BCUT2D eigenvalue weighted by Crippen LogP contribution is -2.05. The minimum Gasteiger partial charge on any atom is -0.494 e. The molecule has 3 aromatic rings. The molecule has 5 heteroatoms. The topological polar surface area (TPSA) is 51.4 Å². The maximum Gasteiger partial charge on any atom is 0.224 e. The summed E-state index contributed by atoms with van der Waals surface area (Å²) < 4.78 is 7.58. The minimum atomic E-state index is 0.668. The summed E-state index contributed by atoms with van der Waals surface area (Å²) >= 11 is 0. The summed E-state index contributed by atoms with van der Waals surface area (Å²) in [6.45, 7) is 7.55. The number of para-hydroxylation sites is 2. The molecule has 0 atom stereocenters. The van der Waals surface area contributed by atoms with Crippen LogP contribution in [0.15, 0.2) is 53.6 Å². The molecular formula is C19H22N4O. The molecule has 0 saturated carbocycles. The summed E-state index contributed by atoms with van der Waals surface area (Å²) in [5, 5.41) is 4.49. The lowest BCUT2D eigenvalue weighted by Gasteiger charge is -2.07. The second-order valence-electron chi connectivity index (χ2n) is 5.43. The van der Waals surface area contributed by atoms with Crippen molar-refractivity contribution in [3.8, 4) is 5.75 Å². The van der Waals surface area contributed by atoms with Gasteiger partial charge in [-0.3, -0.25) is 0 Å². The van der Waals surface area contributed by atoms with Crippen LogP contribution in [0, 0.1) is 0 Å². The Morgan fingerprint density at radius 2 is 1.88 bits per heavy atom. The first-order valence-corrected chi connectivity index (χ1v) is 8.21. The Labute approximate surface area is 142 Å². The SMILES string of the molecule is CCOc1ccc(/C(C)=N/Nc2nc3ccccc3n2CC)cc1. The van der Waals surface area contributed by atoms with Crippen LogP contribution in [0.1, 0.15) is 26.3 Å². The molecule has 1 N–H and O–H groups in total. The van der Waals surface area contributed by atoms with Crippen molar-refractivity contribution in [2.24, 2.45) is 5.10 Å². The standard InChI is InChI=1S/C19H22N4O/c1-4-23-18-9-7-6-8-17(18)20-19(23)22-21-14(3)15-10-12-16(13-11-15)24-5-2/h6-13H,4-5H2,1-3H3,(H,20,22)/b21-14+. The number of aryl methyl sites for hydroxylation is 1. The van der Waals surface area contributed by atoms with E-state index in [-0.39, 0.29) is 0 Å². The summed E-state index contributed by atoms with van der Waals surface area (Å²) in [5.74, 6) is 1.62. The van der Waals surface area contributed by atoms with E-state index >= 15 is 0 Å². The number of anilines is 1. The fourth-order valence-corrected chi connectivity index (χ4v) is 2.64. The maximum absolute atomic E-state index is 5.47. The first-order valence-electron chi connectivity index (χ1n) is 8.21. The number of ether oxygens (including phenoxy) is 1. The number of hydrogen-bond acceptors (Lipinski definition) is 4. The highest BCUT2D eigenvalue weighted by molar-refractivity contribution is 5.99. The van der Waals surface area contributed by atoms with E-state index in [1.807, 2.05) is 56.3 Å². The normalized spacial score (nSPS) is 11.7. The molecule has 1 aromatic heterocycles. The fraction of sp³-hybridized carbons (Fsp3) is 0.263. The second kappa shape index (κ2) is 7.17. The molecule has 124 valence electrons. The first-order chi connectivity index (χ1) is 11.7. The van der Waals surface area contributed by atoms with E-state index < -0.39 is 0 Å². The summed E-state index contributed by atoms with van der Waals surface area (Å²) in [5.41, 5.74) is 7.12. The molecule has 0 unspecified atom stereocenters. The van der Waals surface area contributed by atoms with Gasteiger partial charge in [0, 0.05) is 6.54 Å². The van der Waals surface area contributed by atoms with Crippen LogP contribution in [0.2, 0.25) is 0 Å². The molecule has 0 aliphatic heterocycles. The largest absolute Gasteiger partial charge is 0.494 e. The molecule has 2 aromatic carbocycles. The first kappa shape index (κ1) is 16.1. The molecule has 1 heterocycles. The monoisotopic (exact) mass is 322 g/mol. The highest BCUT2D eigenvalue weighted by Crippen LogP contribution is 2.19. The molecule has 24 heavy (non-hydrogen) atoms. The predicted molar refractivity (Wildman–Crippen MR) is 98.9 cm³/mol. The number of benzene rings is 2. The fourth-order valence-electron chi connectivity index (χ4n) is 2.64. The molecule has 0 saturated heterocycles. The second-order valence-corrected chi connectivity index (χ2v) is 5.43. The Balaban J connectivity index is 1.82. The van der Waals surface area contributed by atoms with Crippen LogP contribution < -0.4 is 10.2 Å². The van der Waals surface area contributed by atoms with E-state index in [4.69, 9.17) is 4.74 Å². The average Bonchev–Trinajstić information content (AvgIpc) is 2.98. The highest BCUT2D eigenvalue weighted by Gasteiger charge is 2.08. The lowest BCUT2D eigenvalue weighted by molar-refractivity contribution is 0.340. The Morgan fingerprint density at radius 3 is 2.58 bits per heavy atom. The van der Waals surface area contributed by atoms with Crippen molar-refractivity contribution in [3.05, 3.63) is 54.1 Å². The minimum absolute atomic E-state index is 0.668. The number of nitrogens with one attached hydrogen (secondary N) is 1. The van der Waals surface area contributed by atoms with Crippen LogP contribution in [0.25, 0.3) is 11.0 Å². The molecule has 3 rings (SSSR count). The van der Waals surface area contributed by atoms with E-state index in [0.717, 1.165) is 40.6 Å². The van der Waals surface area contributed by atoms with E-state index in [2.05, 4.69) is 33.1 Å². The molecule has 0 aliphatic rings. The van der Waals surface area contributed by atoms with Gasteiger partial charge < -0.3 is 9.30 Å². The van der Waals surface area contributed by atoms with Crippen LogP contribution in [0.3, 0.4) is 0 Å². The van der Waals surface area contributed by atoms with Gasteiger partial charge in [-0.05, 0) is 62.7 Å². The highest BCUT2D eigenvalue weighted by atomic mass is 16.5. The number of rotatable bonds is 6. The van der Waals surface area contributed by atoms with Gasteiger partial charge in [-0.15, -0.1) is 0 Å². The zero-order chi connectivity index (χ0) is 16.9. The zero-order valence-electron chi connectivity index (χ0n) is 14.3. The van der Waals surface area contributed by atoms with Crippen molar-refractivity contribution >= 4 is 22.7 Å². The Kier molecular flexibility index (Phi) is 4.79. The molecule has 0 spiro atoms. The van der Waals surface area contributed by atoms with Crippen molar-refractivity contribution in [1.29, 1.82) is 0 Å². The third-order valence-electron chi connectivity index (χ3n) is 3.88. The third-order valence-corrected chi connectivity index (χ3v) is 3.88. The van der Waals surface area contributed by atoms with Crippen LogP contribution in [0.5, 0.6) is 5.75 Å². The van der Waals surface area contributed by atoms with Crippen molar-refractivity contribution in [3.63, 3.8) is 0 Å². The van der Waals surface area contributed by atoms with E-state index in [1.54, 1.807) is 0 Å². The van der Waals surface area contributed by atoms with Gasteiger partial charge in [-0.2, -0.15) is 5.10 Å². The number of nitrogens with zero attached hydrogens (tertiary/aromatic N) is 3. The molecule has 0 fully saturated rings. The molecule has 0 amide bonds. The van der Waals surface area contributed by atoms with Gasteiger partial charge in [0.1, 0.15) is 5.75 Å².